The van der Waals surface area contributed by atoms with E-state index in [-0.39, 0.29) is 11.9 Å². The Morgan fingerprint density at radius 2 is 2.28 bits per heavy atom. The lowest BCUT2D eigenvalue weighted by molar-refractivity contribution is 0.0684. The van der Waals surface area contributed by atoms with Crippen LogP contribution in [-0.2, 0) is 6.54 Å². The lowest BCUT2D eigenvalue weighted by Gasteiger charge is -2.25. The predicted molar refractivity (Wildman–Crippen MR) is 65.6 cm³/mol. The molecule has 2 aromatic rings. The minimum atomic E-state index is -0.136. The predicted octanol–water partition coefficient (Wildman–Crippen LogP) is 1.25. The third-order valence-electron chi connectivity index (χ3n) is 2.59. The molecule has 0 atom stereocenters. The van der Waals surface area contributed by atoms with Crippen molar-refractivity contribution in [2.45, 2.75) is 26.4 Å². The molecule has 0 saturated carbocycles. The molecule has 2 aromatic heterocycles. The Kier molecular flexibility index (Phi) is 3.66. The quantitative estimate of drug-likeness (QED) is 0.879. The molecule has 0 saturated heterocycles. The largest absolute Gasteiger partial charge is 0.330 e. The number of hydrogen-bond acceptors (Lipinski definition) is 4. The second-order valence-electron chi connectivity index (χ2n) is 4.24. The van der Waals surface area contributed by atoms with Crippen LogP contribution < -0.4 is 0 Å². The minimum Gasteiger partial charge on any atom is -0.330 e. The van der Waals surface area contributed by atoms with Crippen LogP contribution in [0.1, 0.15) is 29.9 Å². The lowest BCUT2D eigenvalue weighted by atomic mass is 10.2. The molecular formula is C12H15N5O. The maximum Gasteiger partial charge on any atom is 0.276 e. The first-order valence-corrected chi connectivity index (χ1v) is 5.74. The van der Waals surface area contributed by atoms with E-state index >= 15 is 0 Å². The molecule has 1 N–H and O–H groups in total. The van der Waals surface area contributed by atoms with E-state index in [0.29, 0.717) is 12.2 Å². The lowest BCUT2D eigenvalue weighted by Crippen LogP contribution is -2.36. The molecule has 2 heterocycles. The smallest absolute Gasteiger partial charge is 0.276 e. The molecule has 6 nitrogen and oxygen atoms in total. The molecule has 18 heavy (non-hydrogen) atoms. The van der Waals surface area contributed by atoms with E-state index in [1.54, 1.807) is 17.3 Å². The van der Waals surface area contributed by atoms with Crippen LogP contribution in [0.15, 0.2) is 30.7 Å². The summed E-state index contributed by atoms with van der Waals surface area (Å²) in [5.74, 6) is -0.136. The Bertz CT molecular complexity index is 494. The molecule has 6 heteroatoms. The van der Waals surface area contributed by atoms with Crippen LogP contribution in [0, 0.1) is 0 Å². The van der Waals surface area contributed by atoms with Crippen LogP contribution in [-0.4, -0.2) is 37.2 Å². The van der Waals surface area contributed by atoms with E-state index in [4.69, 9.17) is 0 Å². The second-order valence-corrected chi connectivity index (χ2v) is 4.24. The van der Waals surface area contributed by atoms with E-state index < -0.39 is 0 Å². The molecule has 2 rings (SSSR count). The molecule has 0 fully saturated rings. The number of hydrogen-bond donors (Lipinski definition) is 1. The van der Waals surface area contributed by atoms with Crippen molar-refractivity contribution in [3.8, 4) is 0 Å². The first-order chi connectivity index (χ1) is 8.68. The van der Waals surface area contributed by atoms with Gasteiger partial charge in [-0.15, -0.1) is 0 Å². The van der Waals surface area contributed by atoms with Gasteiger partial charge in [-0.25, -0.2) is 0 Å². The van der Waals surface area contributed by atoms with Crippen molar-refractivity contribution in [3.05, 3.63) is 42.0 Å². The van der Waals surface area contributed by atoms with Crippen molar-refractivity contribution >= 4 is 5.91 Å². The van der Waals surface area contributed by atoms with Crippen LogP contribution >= 0.6 is 0 Å². The number of carbonyl (C=O) groups excluding carboxylic acids is 1. The van der Waals surface area contributed by atoms with E-state index in [2.05, 4.69) is 20.4 Å². The Morgan fingerprint density at radius 3 is 2.83 bits per heavy atom. The van der Waals surface area contributed by atoms with Crippen molar-refractivity contribution in [1.82, 2.24) is 25.3 Å². The summed E-state index contributed by atoms with van der Waals surface area (Å²) in [6.45, 7) is 4.44. The zero-order valence-electron chi connectivity index (χ0n) is 10.4. The summed E-state index contributed by atoms with van der Waals surface area (Å²) >= 11 is 0. The molecular weight excluding hydrogens is 230 g/mol. The fourth-order valence-electron chi connectivity index (χ4n) is 1.63. The fraction of sp³-hybridized carbons (Fsp3) is 0.333. The normalized spacial score (nSPS) is 10.6. The van der Waals surface area contributed by atoms with Crippen molar-refractivity contribution < 1.29 is 4.79 Å². The monoisotopic (exact) mass is 245 g/mol. The third-order valence-corrected chi connectivity index (χ3v) is 2.59. The highest BCUT2D eigenvalue weighted by atomic mass is 16.2. The molecule has 1 amide bonds. The summed E-state index contributed by atoms with van der Waals surface area (Å²) in [6, 6.07) is 3.88. The number of amides is 1. The Hall–Kier alpha value is -2.24. The molecule has 0 aliphatic rings. The number of carbonyl (C=O) groups is 1. The maximum atomic E-state index is 12.2. The van der Waals surface area contributed by atoms with Crippen LogP contribution in [0.25, 0.3) is 0 Å². The average Bonchev–Trinajstić information content (AvgIpc) is 2.90. The summed E-state index contributed by atoms with van der Waals surface area (Å²) in [6.07, 6.45) is 4.90. The summed E-state index contributed by atoms with van der Waals surface area (Å²) in [5.41, 5.74) is 1.32. The van der Waals surface area contributed by atoms with Gasteiger partial charge in [0.2, 0.25) is 0 Å². The van der Waals surface area contributed by atoms with Gasteiger partial charge >= 0.3 is 0 Å². The number of aromatic amines is 1. The number of nitrogens with one attached hydrogen (secondary N) is 1. The third kappa shape index (κ3) is 2.71. The summed E-state index contributed by atoms with van der Waals surface area (Å²) < 4.78 is 0. The molecule has 0 aromatic carbocycles. The highest BCUT2D eigenvalue weighted by molar-refractivity contribution is 5.92. The van der Waals surface area contributed by atoms with Crippen LogP contribution in [0.3, 0.4) is 0 Å². The van der Waals surface area contributed by atoms with E-state index in [1.165, 1.54) is 6.20 Å². The van der Waals surface area contributed by atoms with Gasteiger partial charge in [0, 0.05) is 25.0 Å². The minimum absolute atomic E-state index is 0.0782. The number of nitrogens with zero attached hydrogens (tertiary/aromatic N) is 4. The molecule has 0 unspecified atom stereocenters. The summed E-state index contributed by atoms with van der Waals surface area (Å²) in [5, 5.41) is 9.92. The molecule has 0 aliphatic heterocycles. The van der Waals surface area contributed by atoms with Crippen molar-refractivity contribution in [1.29, 1.82) is 0 Å². The van der Waals surface area contributed by atoms with Crippen molar-refractivity contribution in [2.24, 2.45) is 0 Å². The standard InChI is InChI=1S/C12H15N5O/c1-9(2)17(8-10-4-3-5-13-6-10)12(18)11-7-14-16-15-11/h3-7,9H,8H2,1-2H3,(H,14,15,16). The van der Waals surface area contributed by atoms with Gasteiger partial charge in [-0.1, -0.05) is 6.07 Å². The maximum absolute atomic E-state index is 12.2. The summed E-state index contributed by atoms with van der Waals surface area (Å²) in [7, 11) is 0. The topological polar surface area (TPSA) is 74.8 Å². The van der Waals surface area contributed by atoms with Gasteiger partial charge in [0.05, 0.1) is 6.20 Å². The zero-order valence-corrected chi connectivity index (χ0v) is 10.4. The average molecular weight is 245 g/mol. The highest BCUT2D eigenvalue weighted by Crippen LogP contribution is 2.10. The van der Waals surface area contributed by atoms with E-state index in [1.807, 2.05) is 26.0 Å². The molecule has 94 valence electrons. The van der Waals surface area contributed by atoms with Crippen molar-refractivity contribution in [2.75, 3.05) is 0 Å². The summed E-state index contributed by atoms with van der Waals surface area (Å²) in [4.78, 5) is 18.0. The Morgan fingerprint density at radius 1 is 1.44 bits per heavy atom. The van der Waals surface area contributed by atoms with Crippen LogP contribution in [0.5, 0.6) is 0 Å². The molecule has 0 aliphatic carbocycles. The van der Waals surface area contributed by atoms with Gasteiger partial charge in [-0.2, -0.15) is 15.4 Å². The Labute approximate surface area is 105 Å². The first kappa shape index (κ1) is 12.2. The molecule has 0 bridgehead atoms. The Balaban J connectivity index is 2.17. The van der Waals surface area contributed by atoms with Crippen LogP contribution in [0.2, 0.25) is 0 Å². The number of pyridine rings is 1. The number of rotatable bonds is 4. The highest BCUT2D eigenvalue weighted by Gasteiger charge is 2.21. The van der Waals surface area contributed by atoms with Gasteiger partial charge in [-0.05, 0) is 25.5 Å². The SMILES string of the molecule is CC(C)N(Cc1cccnc1)C(=O)c1cn[nH]n1. The van der Waals surface area contributed by atoms with Gasteiger partial charge in [0.1, 0.15) is 0 Å². The van der Waals surface area contributed by atoms with Gasteiger partial charge < -0.3 is 4.90 Å². The number of aromatic nitrogens is 4. The number of H-pyrrole nitrogens is 1. The van der Waals surface area contributed by atoms with Gasteiger partial charge in [0.25, 0.3) is 5.91 Å². The van der Waals surface area contributed by atoms with E-state index in [0.717, 1.165) is 5.56 Å². The van der Waals surface area contributed by atoms with Gasteiger partial charge in [0.15, 0.2) is 5.69 Å². The second kappa shape index (κ2) is 5.39. The molecule has 0 spiro atoms. The first-order valence-electron chi connectivity index (χ1n) is 5.74. The van der Waals surface area contributed by atoms with E-state index in [9.17, 15) is 4.79 Å². The van der Waals surface area contributed by atoms with Crippen LogP contribution in [0.4, 0.5) is 0 Å². The van der Waals surface area contributed by atoms with Gasteiger partial charge in [-0.3, -0.25) is 9.78 Å². The molecule has 0 radical (unpaired) electrons. The van der Waals surface area contributed by atoms with Crippen molar-refractivity contribution in [3.63, 3.8) is 0 Å². The fourth-order valence-corrected chi connectivity index (χ4v) is 1.63. The zero-order chi connectivity index (χ0) is 13.0.